The Labute approximate surface area is 144 Å². The summed E-state index contributed by atoms with van der Waals surface area (Å²) >= 11 is 0. The smallest absolute Gasteiger partial charge is 0.253 e. The summed E-state index contributed by atoms with van der Waals surface area (Å²) in [6.07, 6.45) is 0. The number of hydrogen-bond acceptors (Lipinski definition) is 3. The lowest BCUT2D eigenvalue weighted by atomic mass is 10.2. The fourth-order valence-electron chi connectivity index (χ4n) is 2.72. The fourth-order valence-corrected chi connectivity index (χ4v) is 4.19. The maximum Gasteiger partial charge on any atom is 0.253 e. The number of carbonyl (C=O) groups excluding carboxylic acids is 1. The molecular weight excluding hydrogens is 350 g/mol. The van der Waals surface area contributed by atoms with Crippen molar-refractivity contribution in [3.8, 4) is 0 Å². The molecule has 0 bridgehead atoms. The van der Waals surface area contributed by atoms with Crippen LogP contribution in [0, 0.1) is 11.6 Å². The van der Waals surface area contributed by atoms with Gasteiger partial charge in [-0.15, -0.1) is 0 Å². The molecule has 0 aliphatic carbocycles. The van der Waals surface area contributed by atoms with Crippen molar-refractivity contribution in [3.05, 3.63) is 65.7 Å². The number of hydrogen-bond donors (Lipinski definition) is 0. The summed E-state index contributed by atoms with van der Waals surface area (Å²) in [5.41, 5.74) is 0.533. The zero-order chi connectivity index (χ0) is 18.0. The lowest BCUT2D eigenvalue weighted by Crippen LogP contribution is -2.50. The Hall–Kier alpha value is -2.32. The molecule has 0 spiro atoms. The third-order valence-electron chi connectivity index (χ3n) is 4.02. The lowest BCUT2D eigenvalue weighted by Gasteiger charge is -2.34. The van der Waals surface area contributed by atoms with Gasteiger partial charge in [-0.25, -0.2) is 17.2 Å². The standard InChI is InChI=1S/C17H16F2N2O3S/c18-14-10-15(19)12-16(11-14)25(23,24)21-8-6-20(7-9-21)17(22)13-4-2-1-3-5-13/h1-5,10-12H,6-9H2. The molecule has 2 aromatic carbocycles. The molecule has 0 unspecified atom stereocenters. The summed E-state index contributed by atoms with van der Waals surface area (Å²) in [5, 5.41) is 0. The summed E-state index contributed by atoms with van der Waals surface area (Å²) in [6.45, 7) is 0.563. The summed E-state index contributed by atoms with van der Waals surface area (Å²) in [7, 11) is -4.01. The van der Waals surface area contributed by atoms with Crippen LogP contribution < -0.4 is 0 Å². The molecule has 3 rings (SSSR count). The highest BCUT2D eigenvalue weighted by atomic mass is 32.2. The first-order chi connectivity index (χ1) is 11.9. The number of amides is 1. The molecule has 1 aliphatic heterocycles. The molecule has 8 heteroatoms. The van der Waals surface area contributed by atoms with Gasteiger partial charge in [0, 0.05) is 37.8 Å². The molecule has 1 heterocycles. The minimum absolute atomic E-state index is 0.0685. The highest BCUT2D eigenvalue weighted by Crippen LogP contribution is 2.20. The van der Waals surface area contributed by atoms with E-state index in [2.05, 4.69) is 0 Å². The molecule has 1 amide bonds. The van der Waals surface area contributed by atoms with Gasteiger partial charge >= 0.3 is 0 Å². The van der Waals surface area contributed by atoms with Crippen molar-refractivity contribution in [2.75, 3.05) is 26.2 Å². The summed E-state index contributed by atoms with van der Waals surface area (Å²) in [4.78, 5) is 13.5. The number of sulfonamides is 1. The van der Waals surface area contributed by atoms with Crippen molar-refractivity contribution < 1.29 is 22.0 Å². The third-order valence-corrected chi connectivity index (χ3v) is 5.90. The van der Waals surface area contributed by atoms with Crippen LogP contribution in [0.4, 0.5) is 8.78 Å². The molecule has 1 aliphatic rings. The van der Waals surface area contributed by atoms with Crippen LogP contribution in [0.1, 0.15) is 10.4 Å². The van der Waals surface area contributed by atoms with Gasteiger partial charge in [0.25, 0.3) is 5.91 Å². The van der Waals surface area contributed by atoms with Crippen molar-refractivity contribution in [2.45, 2.75) is 4.90 Å². The number of halogens is 2. The van der Waals surface area contributed by atoms with Gasteiger partial charge in [0.15, 0.2) is 0 Å². The van der Waals surface area contributed by atoms with E-state index in [1.807, 2.05) is 0 Å². The monoisotopic (exact) mass is 366 g/mol. The number of carbonyl (C=O) groups is 1. The van der Waals surface area contributed by atoms with E-state index in [1.165, 1.54) is 0 Å². The van der Waals surface area contributed by atoms with E-state index in [4.69, 9.17) is 0 Å². The largest absolute Gasteiger partial charge is 0.336 e. The molecule has 0 N–H and O–H groups in total. The highest BCUT2D eigenvalue weighted by Gasteiger charge is 2.31. The van der Waals surface area contributed by atoms with Crippen molar-refractivity contribution in [1.29, 1.82) is 0 Å². The van der Waals surface area contributed by atoms with Gasteiger partial charge < -0.3 is 4.90 Å². The van der Waals surface area contributed by atoms with Crippen LogP contribution in [0.5, 0.6) is 0 Å². The second kappa shape index (κ2) is 6.89. The maximum atomic E-state index is 13.3. The second-order valence-electron chi connectivity index (χ2n) is 5.67. The highest BCUT2D eigenvalue weighted by molar-refractivity contribution is 7.89. The Bertz CT molecular complexity index is 860. The van der Waals surface area contributed by atoms with E-state index in [0.29, 0.717) is 11.6 Å². The number of rotatable bonds is 3. The molecule has 1 saturated heterocycles. The van der Waals surface area contributed by atoms with Crippen LogP contribution in [0.15, 0.2) is 53.4 Å². The van der Waals surface area contributed by atoms with Gasteiger partial charge in [0.1, 0.15) is 11.6 Å². The SMILES string of the molecule is O=C(c1ccccc1)N1CCN(S(=O)(=O)c2cc(F)cc(F)c2)CC1. The van der Waals surface area contributed by atoms with Gasteiger partial charge in [-0.1, -0.05) is 18.2 Å². The Morgan fingerprint density at radius 3 is 2.00 bits per heavy atom. The average Bonchev–Trinajstić information content (AvgIpc) is 2.61. The molecule has 2 aromatic rings. The van der Waals surface area contributed by atoms with Crippen molar-refractivity contribution >= 4 is 15.9 Å². The normalized spacial score (nSPS) is 16.0. The second-order valence-corrected chi connectivity index (χ2v) is 7.61. The summed E-state index contributed by atoms with van der Waals surface area (Å²) in [6, 6.07) is 10.9. The van der Waals surface area contributed by atoms with E-state index in [-0.39, 0.29) is 32.1 Å². The zero-order valence-electron chi connectivity index (χ0n) is 13.2. The molecule has 0 atom stereocenters. The van der Waals surface area contributed by atoms with E-state index >= 15 is 0 Å². The molecule has 0 radical (unpaired) electrons. The van der Waals surface area contributed by atoms with Gasteiger partial charge in [-0.2, -0.15) is 4.31 Å². The Morgan fingerprint density at radius 2 is 1.44 bits per heavy atom. The topological polar surface area (TPSA) is 57.7 Å². The molecular formula is C17H16F2N2O3S. The molecule has 0 saturated carbocycles. The molecule has 1 fully saturated rings. The van der Waals surface area contributed by atoms with Gasteiger partial charge in [-0.3, -0.25) is 4.79 Å². The Balaban J connectivity index is 1.72. The minimum atomic E-state index is -4.01. The maximum absolute atomic E-state index is 13.3. The van der Waals surface area contributed by atoms with Crippen molar-refractivity contribution in [3.63, 3.8) is 0 Å². The van der Waals surface area contributed by atoms with Gasteiger partial charge in [-0.05, 0) is 24.3 Å². The van der Waals surface area contributed by atoms with Gasteiger partial charge in [0.05, 0.1) is 4.90 Å². The van der Waals surface area contributed by atoms with E-state index in [1.54, 1.807) is 35.2 Å². The first kappa shape index (κ1) is 17.5. The molecule has 25 heavy (non-hydrogen) atoms. The predicted molar refractivity (Wildman–Crippen MR) is 87.5 cm³/mol. The minimum Gasteiger partial charge on any atom is -0.336 e. The summed E-state index contributed by atoms with van der Waals surface area (Å²) < 4.78 is 52.8. The first-order valence-corrected chi connectivity index (χ1v) is 9.12. The van der Waals surface area contributed by atoms with Crippen LogP contribution in [-0.4, -0.2) is 49.7 Å². The quantitative estimate of drug-likeness (QED) is 0.836. The fraction of sp³-hybridized carbons (Fsp3) is 0.235. The Kier molecular flexibility index (Phi) is 4.82. The molecule has 5 nitrogen and oxygen atoms in total. The molecule has 132 valence electrons. The van der Waals surface area contributed by atoms with E-state index in [0.717, 1.165) is 16.4 Å². The lowest BCUT2D eigenvalue weighted by molar-refractivity contribution is 0.0698. The van der Waals surface area contributed by atoms with Crippen LogP contribution in [0.25, 0.3) is 0 Å². The number of piperazine rings is 1. The summed E-state index contributed by atoms with van der Waals surface area (Å²) in [5.74, 6) is -2.07. The number of benzene rings is 2. The zero-order valence-corrected chi connectivity index (χ0v) is 14.0. The average molecular weight is 366 g/mol. The number of nitrogens with zero attached hydrogens (tertiary/aromatic N) is 2. The van der Waals surface area contributed by atoms with Crippen molar-refractivity contribution in [1.82, 2.24) is 9.21 Å². The van der Waals surface area contributed by atoms with E-state index in [9.17, 15) is 22.0 Å². The third kappa shape index (κ3) is 3.69. The van der Waals surface area contributed by atoms with Crippen LogP contribution >= 0.6 is 0 Å². The molecule has 0 aromatic heterocycles. The first-order valence-electron chi connectivity index (χ1n) is 7.68. The van der Waals surface area contributed by atoms with Crippen LogP contribution in [0.2, 0.25) is 0 Å². The predicted octanol–water partition coefficient (Wildman–Crippen LogP) is 2.11. The Morgan fingerprint density at radius 1 is 0.880 bits per heavy atom. The van der Waals surface area contributed by atoms with Crippen molar-refractivity contribution in [2.24, 2.45) is 0 Å². The van der Waals surface area contributed by atoms with Crippen LogP contribution in [0.3, 0.4) is 0 Å². The van der Waals surface area contributed by atoms with E-state index < -0.39 is 26.6 Å². The van der Waals surface area contributed by atoms with Gasteiger partial charge in [0.2, 0.25) is 10.0 Å². The van der Waals surface area contributed by atoms with Crippen LogP contribution in [-0.2, 0) is 10.0 Å².